The van der Waals surface area contributed by atoms with Gasteiger partial charge in [-0.3, -0.25) is 4.99 Å². The minimum absolute atomic E-state index is 0.288. The van der Waals surface area contributed by atoms with Crippen molar-refractivity contribution in [2.75, 3.05) is 50.8 Å². The fourth-order valence-electron chi connectivity index (χ4n) is 2.91. The van der Waals surface area contributed by atoms with E-state index in [4.69, 9.17) is 0 Å². The molecule has 0 aromatic rings. The first kappa shape index (κ1) is 18.9. The summed E-state index contributed by atoms with van der Waals surface area (Å²) < 4.78 is 25.2. The summed E-state index contributed by atoms with van der Waals surface area (Å²) in [6, 6.07) is 0. The van der Waals surface area contributed by atoms with E-state index in [1.54, 1.807) is 4.31 Å². The zero-order valence-electron chi connectivity index (χ0n) is 14.5. The Morgan fingerprint density at radius 3 is 2.78 bits per heavy atom. The van der Waals surface area contributed by atoms with Crippen molar-refractivity contribution in [1.82, 2.24) is 14.5 Å². The Bertz CT molecular complexity index is 508. The number of aliphatic imine (C=N–C) groups is 1. The van der Waals surface area contributed by atoms with Crippen LogP contribution >= 0.6 is 11.8 Å². The molecule has 0 aliphatic carbocycles. The second-order valence-electron chi connectivity index (χ2n) is 6.40. The molecule has 0 spiro atoms. The van der Waals surface area contributed by atoms with Gasteiger partial charge >= 0.3 is 0 Å². The number of rotatable bonds is 5. The lowest BCUT2D eigenvalue weighted by Crippen LogP contribution is -2.49. The molecule has 0 aromatic heterocycles. The van der Waals surface area contributed by atoms with Crippen molar-refractivity contribution in [3.8, 4) is 0 Å². The van der Waals surface area contributed by atoms with Crippen LogP contribution in [0, 0.1) is 5.92 Å². The van der Waals surface area contributed by atoms with Crippen molar-refractivity contribution in [3.05, 3.63) is 0 Å². The van der Waals surface area contributed by atoms with Crippen LogP contribution < -0.4 is 5.32 Å². The second kappa shape index (κ2) is 8.58. The maximum Gasteiger partial charge on any atom is 0.214 e. The summed E-state index contributed by atoms with van der Waals surface area (Å²) in [6.45, 7) is 11.1. The molecule has 2 aliphatic rings. The van der Waals surface area contributed by atoms with Gasteiger partial charge in [0.25, 0.3) is 0 Å². The summed E-state index contributed by atoms with van der Waals surface area (Å²) in [5.41, 5.74) is 0. The highest BCUT2D eigenvalue weighted by molar-refractivity contribution is 8.00. The fourth-order valence-corrected chi connectivity index (χ4v) is 5.72. The fraction of sp³-hybridized carbons (Fsp3) is 0.933. The smallest absolute Gasteiger partial charge is 0.214 e. The topological polar surface area (TPSA) is 65.0 Å². The Labute approximate surface area is 145 Å². The normalized spacial score (nSPS) is 26.0. The maximum atomic E-state index is 11.8. The van der Waals surface area contributed by atoms with Crippen molar-refractivity contribution >= 4 is 27.7 Å². The van der Waals surface area contributed by atoms with Crippen molar-refractivity contribution in [2.24, 2.45) is 10.9 Å². The number of hydrogen-bond acceptors (Lipinski definition) is 4. The first-order valence-electron chi connectivity index (χ1n) is 8.56. The monoisotopic (exact) mass is 362 g/mol. The van der Waals surface area contributed by atoms with E-state index in [2.05, 4.69) is 36.0 Å². The van der Waals surface area contributed by atoms with Gasteiger partial charge in [0.1, 0.15) is 0 Å². The van der Waals surface area contributed by atoms with E-state index < -0.39 is 10.0 Å². The first-order chi connectivity index (χ1) is 10.9. The van der Waals surface area contributed by atoms with E-state index in [1.165, 1.54) is 0 Å². The number of nitrogens with zero attached hydrogens (tertiary/aromatic N) is 3. The Hall–Kier alpha value is -0.470. The molecule has 1 N–H and O–H groups in total. The van der Waals surface area contributed by atoms with Crippen LogP contribution in [-0.4, -0.2) is 79.6 Å². The Kier molecular flexibility index (Phi) is 7.03. The van der Waals surface area contributed by atoms with Gasteiger partial charge in [0.15, 0.2) is 5.96 Å². The van der Waals surface area contributed by atoms with Gasteiger partial charge in [-0.2, -0.15) is 11.8 Å². The number of thioether (sulfide) groups is 1. The molecule has 0 bridgehead atoms. The average Bonchev–Trinajstić information content (AvgIpc) is 2.85. The largest absolute Gasteiger partial charge is 0.357 e. The number of sulfonamides is 1. The van der Waals surface area contributed by atoms with E-state index in [0.29, 0.717) is 30.8 Å². The number of nitrogens with one attached hydrogen (secondary N) is 1. The molecule has 2 saturated heterocycles. The predicted octanol–water partition coefficient (Wildman–Crippen LogP) is 1.06. The number of hydrogen-bond donors (Lipinski definition) is 1. The SMILES string of the molecule is CCNC(=NCCN1CCCS1(=O)=O)N1CCSC(C(C)C)C1. The molecule has 0 amide bonds. The Morgan fingerprint density at radius 1 is 1.39 bits per heavy atom. The van der Waals surface area contributed by atoms with Crippen molar-refractivity contribution in [3.63, 3.8) is 0 Å². The quantitative estimate of drug-likeness (QED) is 0.585. The Balaban J connectivity index is 1.94. The molecule has 1 atom stereocenters. The van der Waals surface area contributed by atoms with Crippen LogP contribution in [0.4, 0.5) is 0 Å². The van der Waals surface area contributed by atoms with Crippen LogP contribution in [0.15, 0.2) is 4.99 Å². The third-order valence-corrected chi connectivity index (χ3v) is 7.78. The molecule has 23 heavy (non-hydrogen) atoms. The zero-order chi connectivity index (χ0) is 16.9. The lowest BCUT2D eigenvalue weighted by Gasteiger charge is -2.36. The summed E-state index contributed by atoms with van der Waals surface area (Å²) in [5, 5.41) is 3.99. The van der Waals surface area contributed by atoms with Crippen molar-refractivity contribution in [1.29, 1.82) is 0 Å². The molecule has 8 heteroatoms. The van der Waals surface area contributed by atoms with Crippen LogP contribution in [-0.2, 0) is 10.0 Å². The van der Waals surface area contributed by atoms with Gasteiger partial charge in [-0.25, -0.2) is 12.7 Å². The molecule has 134 valence electrons. The van der Waals surface area contributed by atoms with Gasteiger partial charge in [-0.15, -0.1) is 0 Å². The highest BCUT2D eigenvalue weighted by Crippen LogP contribution is 2.24. The van der Waals surface area contributed by atoms with E-state index in [-0.39, 0.29) is 5.75 Å². The van der Waals surface area contributed by atoms with Crippen LogP contribution in [0.25, 0.3) is 0 Å². The highest BCUT2D eigenvalue weighted by Gasteiger charge is 2.28. The highest BCUT2D eigenvalue weighted by atomic mass is 32.2. The minimum Gasteiger partial charge on any atom is -0.357 e. The first-order valence-corrected chi connectivity index (χ1v) is 11.2. The minimum atomic E-state index is -3.02. The Morgan fingerprint density at radius 2 is 2.17 bits per heavy atom. The van der Waals surface area contributed by atoms with E-state index in [0.717, 1.165) is 37.8 Å². The lowest BCUT2D eigenvalue weighted by atomic mass is 10.1. The van der Waals surface area contributed by atoms with Crippen LogP contribution in [0.1, 0.15) is 27.2 Å². The molecule has 0 radical (unpaired) electrons. The van der Waals surface area contributed by atoms with Gasteiger partial charge in [0.05, 0.1) is 12.3 Å². The van der Waals surface area contributed by atoms with Crippen LogP contribution in [0.2, 0.25) is 0 Å². The lowest BCUT2D eigenvalue weighted by molar-refractivity contribution is 0.379. The molecular weight excluding hydrogens is 332 g/mol. The molecule has 6 nitrogen and oxygen atoms in total. The van der Waals surface area contributed by atoms with E-state index in [9.17, 15) is 8.42 Å². The maximum absolute atomic E-state index is 11.8. The summed E-state index contributed by atoms with van der Waals surface area (Å²) >= 11 is 2.04. The zero-order valence-corrected chi connectivity index (χ0v) is 16.1. The molecule has 0 saturated carbocycles. The van der Waals surface area contributed by atoms with Gasteiger partial charge in [0.2, 0.25) is 10.0 Å². The molecular formula is C15H30N4O2S2. The standard InChI is InChI=1S/C15H30N4O2S2/c1-4-16-15(18-9-10-22-14(12-18)13(2)3)17-6-8-19-7-5-11-23(19,20)21/h13-14H,4-12H2,1-3H3,(H,16,17). The van der Waals surface area contributed by atoms with Crippen LogP contribution in [0.3, 0.4) is 0 Å². The number of guanidine groups is 1. The molecule has 1 unspecified atom stereocenters. The van der Waals surface area contributed by atoms with Gasteiger partial charge in [-0.1, -0.05) is 13.8 Å². The summed E-state index contributed by atoms with van der Waals surface area (Å²) in [6.07, 6.45) is 0.742. The average molecular weight is 363 g/mol. The van der Waals surface area contributed by atoms with Gasteiger partial charge in [-0.05, 0) is 19.3 Å². The molecule has 2 rings (SSSR count). The molecule has 2 fully saturated rings. The van der Waals surface area contributed by atoms with E-state index in [1.807, 2.05) is 11.8 Å². The van der Waals surface area contributed by atoms with E-state index >= 15 is 0 Å². The molecule has 2 aliphatic heterocycles. The van der Waals surface area contributed by atoms with Crippen molar-refractivity contribution in [2.45, 2.75) is 32.4 Å². The van der Waals surface area contributed by atoms with Gasteiger partial charge < -0.3 is 10.2 Å². The summed E-state index contributed by atoms with van der Waals surface area (Å²) in [5.74, 6) is 2.99. The van der Waals surface area contributed by atoms with Gasteiger partial charge in [0, 0.05) is 43.7 Å². The third-order valence-electron chi connectivity index (χ3n) is 4.29. The van der Waals surface area contributed by atoms with Crippen molar-refractivity contribution < 1.29 is 8.42 Å². The molecule has 0 aromatic carbocycles. The molecule has 2 heterocycles. The summed E-state index contributed by atoms with van der Waals surface area (Å²) in [7, 11) is -3.02. The predicted molar refractivity (Wildman–Crippen MR) is 98.6 cm³/mol. The third kappa shape index (κ3) is 5.26. The van der Waals surface area contributed by atoms with Crippen LogP contribution in [0.5, 0.6) is 0 Å². The summed E-state index contributed by atoms with van der Waals surface area (Å²) in [4.78, 5) is 7.00. The second-order valence-corrected chi connectivity index (χ2v) is 9.84.